The van der Waals surface area contributed by atoms with Crippen LogP contribution in [0.25, 0.3) is 0 Å². The highest BCUT2D eigenvalue weighted by Crippen LogP contribution is 2.15. The van der Waals surface area contributed by atoms with E-state index in [1.807, 2.05) is 0 Å². The summed E-state index contributed by atoms with van der Waals surface area (Å²) in [6.45, 7) is -0.487. The molecule has 0 spiro atoms. The van der Waals surface area contributed by atoms with E-state index >= 15 is 0 Å². The first-order valence-electron chi connectivity index (χ1n) is 6.54. The van der Waals surface area contributed by atoms with Gasteiger partial charge in [-0.2, -0.15) is 0 Å². The number of nitrogens with one attached hydrogen (secondary N) is 2. The van der Waals surface area contributed by atoms with Crippen LogP contribution in [-0.2, 0) is 4.79 Å². The number of thiophene rings is 1. The van der Waals surface area contributed by atoms with Gasteiger partial charge in [0.2, 0.25) is 5.91 Å². The van der Waals surface area contributed by atoms with Crippen LogP contribution in [0.5, 0.6) is 5.75 Å². The highest BCUT2D eigenvalue weighted by Gasteiger charge is 2.21. The van der Waals surface area contributed by atoms with E-state index in [-0.39, 0.29) is 5.91 Å². The summed E-state index contributed by atoms with van der Waals surface area (Å²) in [4.78, 5) is 24.5. The predicted molar refractivity (Wildman–Crippen MR) is 84.3 cm³/mol. The van der Waals surface area contributed by atoms with Crippen molar-refractivity contribution in [2.45, 2.75) is 6.04 Å². The van der Waals surface area contributed by atoms with E-state index in [1.54, 1.807) is 48.9 Å². The van der Waals surface area contributed by atoms with E-state index in [0.717, 1.165) is 0 Å². The molecule has 1 unspecified atom stereocenters. The summed E-state index contributed by atoms with van der Waals surface area (Å²) in [6, 6.07) is 9.12. The Kier molecular flexibility index (Phi) is 5.51. The molecule has 1 aromatic heterocycles. The Morgan fingerprint density at radius 3 is 2.55 bits per heavy atom. The average Bonchev–Trinajstić information content (AvgIpc) is 3.07. The van der Waals surface area contributed by atoms with Gasteiger partial charge in [-0.3, -0.25) is 9.59 Å². The maximum absolute atomic E-state index is 12.1. The summed E-state index contributed by atoms with van der Waals surface area (Å²) in [5.41, 5.74) is 0.551. The van der Waals surface area contributed by atoms with Crippen molar-refractivity contribution in [3.8, 4) is 5.75 Å². The fourth-order valence-corrected chi connectivity index (χ4v) is 2.36. The number of hydrogen-bond donors (Lipinski definition) is 3. The Hall–Kier alpha value is -2.38. The van der Waals surface area contributed by atoms with Gasteiger partial charge in [-0.15, -0.1) is 11.3 Å². The van der Waals surface area contributed by atoms with Crippen molar-refractivity contribution in [2.75, 3.05) is 19.0 Å². The molecule has 0 saturated carbocycles. The number of aliphatic hydroxyl groups excluding tert-OH is 1. The van der Waals surface area contributed by atoms with Crippen LogP contribution in [-0.4, -0.2) is 36.7 Å². The fraction of sp³-hybridized carbons (Fsp3) is 0.200. The molecule has 0 aliphatic carbocycles. The predicted octanol–water partition coefficient (Wildman–Crippen LogP) is 1.49. The summed E-state index contributed by atoms with van der Waals surface area (Å²) in [6.07, 6.45) is 0. The van der Waals surface area contributed by atoms with Crippen LogP contribution in [0.1, 0.15) is 9.67 Å². The molecule has 0 aliphatic rings. The van der Waals surface area contributed by atoms with E-state index in [9.17, 15) is 14.7 Å². The molecule has 0 aliphatic heterocycles. The lowest BCUT2D eigenvalue weighted by atomic mass is 10.2. The molecule has 0 radical (unpaired) electrons. The zero-order valence-corrected chi connectivity index (χ0v) is 12.7. The van der Waals surface area contributed by atoms with Crippen LogP contribution < -0.4 is 15.4 Å². The SMILES string of the molecule is COc1ccc(NC(=O)C(CO)NC(=O)c2cccs2)cc1. The minimum absolute atomic E-state index is 0.390. The van der Waals surface area contributed by atoms with Gasteiger partial charge in [-0.1, -0.05) is 6.07 Å². The van der Waals surface area contributed by atoms with E-state index < -0.39 is 18.6 Å². The van der Waals surface area contributed by atoms with Crippen molar-refractivity contribution in [3.05, 3.63) is 46.7 Å². The van der Waals surface area contributed by atoms with Crippen LogP contribution in [0.4, 0.5) is 5.69 Å². The zero-order valence-electron chi connectivity index (χ0n) is 11.9. The van der Waals surface area contributed by atoms with Gasteiger partial charge in [0, 0.05) is 5.69 Å². The summed E-state index contributed by atoms with van der Waals surface area (Å²) >= 11 is 1.26. The highest BCUT2D eigenvalue weighted by molar-refractivity contribution is 7.12. The number of hydrogen-bond acceptors (Lipinski definition) is 5. The molecule has 0 saturated heterocycles. The van der Waals surface area contributed by atoms with Crippen LogP contribution in [0.15, 0.2) is 41.8 Å². The average molecular weight is 320 g/mol. The molecular formula is C15H16N2O4S. The molecule has 6 nitrogen and oxygen atoms in total. The molecule has 0 fully saturated rings. The van der Waals surface area contributed by atoms with Gasteiger partial charge in [0.05, 0.1) is 18.6 Å². The number of carbonyl (C=O) groups is 2. The lowest BCUT2D eigenvalue weighted by Gasteiger charge is -2.16. The fourth-order valence-electron chi connectivity index (χ4n) is 1.73. The van der Waals surface area contributed by atoms with Gasteiger partial charge >= 0.3 is 0 Å². The van der Waals surface area contributed by atoms with Gasteiger partial charge in [0.25, 0.3) is 5.91 Å². The van der Waals surface area contributed by atoms with Gasteiger partial charge in [0.1, 0.15) is 11.8 Å². The standard InChI is InChI=1S/C15H16N2O4S/c1-21-11-6-4-10(5-7-11)16-14(19)12(9-18)17-15(20)13-3-2-8-22-13/h2-8,12,18H,9H2,1H3,(H,16,19)(H,17,20). The van der Waals surface area contributed by atoms with Crippen molar-refractivity contribution in [1.82, 2.24) is 5.32 Å². The zero-order chi connectivity index (χ0) is 15.9. The number of anilines is 1. The summed E-state index contributed by atoms with van der Waals surface area (Å²) < 4.78 is 5.03. The molecule has 1 heterocycles. The van der Waals surface area contributed by atoms with Crippen molar-refractivity contribution in [3.63, 3.8) is 0 Å². The Morgan fingerprint density at radius 2 is 2.00 bits per heavy atom. The number of aliphatic hydroxyl groups is 1. The number of ether oxygens (including phenoxy) is 1. The molecule has 3 N–H and O–H groups in total. The minimum Gasteiger partial charge on any atom is -0.497 e. The van der Waals surface area contributed by atoms with Gasteiger partial charge in [-0.25, -0.2) is 0 Å². The largest absolute Gasteiger partial charge is 0.497 e. The molecule has 2 aromatic rings. The van der Waals surface area contributed by atoms with Crippen LogP contribution >= 0.6 is 11.3 Å². The quantitative estimate of drug-likeness (QED) is 0.752. The lowest BCUT2D eigenvalue weighted by Crippen LogP contribution is -2.46. The van der Waals surface area contributed by atoms with Crippen LogP contribution in [0.2, 0.25) is 0 Å². The summed E-state index contributed by atoms with van der Waals surface area (Å²) in [7, 11) is 1.55. The Bertz CT molecular complexity index is 626. The maximum Gasteiger partial charge on any atom is 0.262 e. The van der Waals surface area contributed by atoms with E-state index in [2.05, 4.69) is 10.6 Å². The Labute approximate surface area is 131 Å². The third-order valence-corrected chi connectivity index (χ3v) is 3.78. The van der Waals surface area contributed by atoms with Crippen molar-refractivity contribution < 1.29 is 19.4 Å². The third kappa shape index (κ3) is 4.06. The molecule has 2 rings (SSSR count). The number of carbonyl (C=O) groups excluding carboxylic acids is 2. The Morgan fingerprint density at radius 1 is 1.27 bits per heavy atom. The van der Waals surface area contributed by atoms with E-state index in [4.69, 9.17) is 4.74 Å². The smallest absolute Gasteiger partial charge is 0.262 e. The maximum atomic E-state index is 12.1. The molecule has 22 heavy (non-hydrogen) atoms. The van der Waals surface area contributed by atoms with Gasteiger partial charge in [0.15, 0.2) is 0 Å². The summed E-state index contributed by atoms with van der Waals surface area (Å²) in [5, 5.41) is 16.2. The monoisotopic (exact) mass is 320 g/mol. The summed E-state index contributed by atoms with van der Waals surface area (Å²) in [5.74, 6) is -0.209. The van der Waals surface area contributed by atoms with Gasteiger partial charge in [-0.05, 0) is 35.7 Å². The number of amides is 2. The normalized spacial score (nSPS) is 11.5. The van der Waals surface area contributed by atoms with Gasteiger partial charge < -0.3 is 20.5 Å². The molecular weight excluding hydrogens is 304 g/mol. The second kappa shape index (κ2) is 7.58. The molecule has 116 valence electrons. The van der Waals surface area contributed by atoms with Crippen molar-refractivity contribution in [1.29, 1.82) is 0 Å². The second-order valence-electron chi connectivity index (χ2n) is 4.40. The van der Waals surface area contributed by atoms with Crippen LogP contribution in [0.3, 0.4) is 0 Å². The number of benzene rings is 1. The minimum atomic E-state index is -1.02. The Balaban J connectivity index is 1.97. The first kappa shape index (κ1) is 16.0. The van der Waals surface area contributed by atoms with Crippen molar-refractivity contribution >= 4 is 28.8 Å². The lowest BCUT2D eigenvalue weighted by molar-refractivity contribution is -0.118. The first-order valence-corrected chi connectivity index (χ1v) is 7.42. The van der Waals surface area contributed by atoms with E-state index in [1.165, 1.54) is 11.3 Å². The molecule has 1 atom stereocenters. The first-order chi connectivity index (χ1) is 10.6. The highest BCUT2D eigenvalue weighted by atomic mass is 32.1. The van der Waals surface area contributed by atoms with E-state index in [0.29, 0.717) is 16.3 Å². The third-order valence-electron chi connectivity index (χ3n) is 2.91. The molecule has 2 amide bonds. The number of rotatable bonds is 6. The second-order valence-corrected chi connectivity index (χ2v) is 5.35. The van der Waals surface area contributed by atoms with Crippen LogP contribution in [0, 0.1) is 0 Å². The molecule has 1 aromatic carbocycles. The molecule has 0 bridgehead atoms. The molecule has 7 heteroatoms. The topological polar surface area (TPSA) is 87.7 Å². The van der Waals surface area contributed by atoms with Crippen molar-refractivity contribution in [2.24, 2.45) is 0 Å². The number of methoxy groups -OCH3 is 1.